The molecule has 93 valence electrons. The Kier molecular flexibility index (Phi) is 11.2. The molecule has 15 heavy (non-hydrogen) atoms. The third kappa shape index (κ3) is 13.2. The van der Waals surface area contributed by atoms with Crippen LogP contribution in [0.3, 0.4) is 0 Å². The van der Waals surface area contributed by atoms with E-state index in [0.717, 1.165) is 5.21 Å². The first-order chi connectivity index (χ1) is 6.12. The molecule has 0 aromatic rings. The first-order valence-corrected chi connectivity index (χ1v) is 2.98. The molecule has 0 aliphatic rings. The summed E-state index contributed by atoms with van der Waals surface area (Å²) in [6.07, 6.45) is -5.46. The average molecular weight is 283 g/mol. The minimum absolute atomic E-state index is 0. The van der Waals surface area contributed by atoms with Gasteiger partial charge in [0.1, 0.15) is 5.78 Å². The van der Waals surface area contributed by atoms with E-state index in [2.05, 4.69) is 0 Å². The van der Waals surface area contributed by atoms with Crippen molar-refractivity contribution in [1.29, 1.82) is 0 Å². The van der Waals surface area contributed by atoms with Gasteiger partial charge in [0.15, 0.2) is 0 Å². The molecule has 0 N–H and O–H groups in total. The van der Waals surface area contributed by atoms with Crippen LogP contribution >= 0.6 is 0 Å². The van der Waals surface area contributed by atoms with E-state index in [-0.39, 0.29) is 22.6 Å². The number of carbonyl (C=O) groups excluding carboxylic acids is 1. The van der Waals surface area contributed by atoms with Gasteiger partial charge in [0.2, 0.25) is 0 Å². The zero-order valence-electron chi connectivity index (χ0n) is 7.40. The second kappa shape index (κ2) is 8.53. The van der Waals surface area contributed by atoms with Crippen molar-refractivity contribution >= 4 is 11.6 Å². The fourth-order valence-electron chi connectivity index (χ4n) is 0.172. The van der Waals surface area contributed by atoms with E-state index in [0.29, 0.717) is 0 Å². The summed E-state index contributed by atoms with van der Waals surface area (Å²) in [4.78, 5) is 9.44. The number of nitrogens with zero attached hydrogens (tertiary/aromatic N) is 2. The zero-order chi connectivity index (χ0) is 11.9. The third-order valence-electron chi connectivity index (χ3n) is 0.494. The van der Waals surface area contributed by atoms with Crippen LogP contribution in [0.25, 0.3) is 0 Å². The number of hydrogen-bond donors (Lipinski definition) is 0. The van der Waals surface area contributed by atoms with Gasteiger partial charge in [-0.15, -0.1) is 0 Å². The van der Waals surface area contributed by atoms with E-state index in [1.165, 1.54) is 13.8 Å². The summed E-state index contributed by atoms with van der Waals surface area (Å²) in [5.74, 6) is -2.70. The molecule has 0 amide bonds. The van der Waals surface area contributed by atoms with Crippen molar-refractivity contribution in [2.75, 3.05) is 0 Å². The molecule has 0 aromatic carbocycles. The van der Waals surface area contributed by atoms with Crippen LogP contribution in [0.1, 0.15) is 13.8 Å². The van der Waals surface area contributed by atoms with Crippen molar-refractivity contribution in [2.24, 2.45) is 5.21 Å². The topological polar surface area (TPSA) is 32.7 Å². The number of ketones is 1. The van der Waals surface area contributed by atoms with Gasteiger partial charge >= 0.3 is 12.0 Å². The van der Waals surface area contributed by atoms with Gasteiger partial charge in [-0.2, -0.15) is 13.2 Å². The molecule has 0 unspecified atom stereocenters. The average Bonchev–Trinajstić information content (AvgIpc) is 1.81. The van der Waals surface area contributed by atoms with Crippen LogP contribution in [0, 0.1) is 0 Å². The van der Waals surface area contributed by atoms with Crippen molar-refractivity contribution in [3.05, 3.63) is 0 Å². The number of halogens is 6. The Balaban J connectivity index is -0.000000249. The standard InChI is InChI=1S/C3H6O.C2F6N2.Co/c1-3(2)4;3-2(4,5)1(9-6)10(7)8;/h1-2H3;;. The molecule has 0 aliphatic heterocycles. The largest absolute Gasteiger partial charge is 0.457 e. The van der Waals surface area contributed by atoms with E-state index in [1.54, 1.807) is 0 Å². The molecule has 0 aromatic heterocycles. The number of amidine groups is 1. The van der Waals surface area contributed by atoms with Crippen molar-refractivity contribution < 1.29 is 48.2 Å². The first-order valence-electron chi connectivity index (χ1n) is 2.98. The van der Waals surface area contributed by atoms with Crippen LogP contribution in [0.5, 0.6) is 0 Å². The molecule has 0 aliphatic carbocycles. The molecule has 0 heterocycles. The molecule has 10 heteroatoms. The Labute approximate surface area is 91.1 Å². The van der Waals surface area contributed by atoms with E-state index < -0.39 is 17.4 Å². The maximum absolute atomic E-state index is 11.1. The van der Waals surface area contributed by atoms with Crippen LogP contribution < -0.4 is 0 Å². The van der Waals surface area contributed by atoms with Gasteiger partial charge in [-0.1, -0.05) is 18.7 Å². The minimum Gasteiger partial charge on any atom is -0.300 e. The Morgan fingerprint density at radius 2 is 1.47 bits per heavy atom. The summed E-state index contributed by atoms with van der Waals surface area (Å²) in [6.45, 7) is 3.06. The Morgan fingerprint density at radius 1 is 1.20 bits per heavy atom. The van der Waals surface area contributed by atoms with Crippen molar-refractivity contribution in [2.45, 2.75) is 20.0 Å². The van der Waals surface area contributed by atoms with Crippen LogP contribution in [0.15, 0.2) is 5.21 Å². The number of carbonyl (C=O) groups is 1. The molecule has 3 nitrogen and oxygen atoms in total. The van der Waals surface area contributed by atoms with Crippen molar-refractivity contribution in [3.8, 4) is 0 Å². The fraction of sp³-hybridized carbons (Fsp3) is 0.600. The Hall–Kier alpha value is -0.774. The maximum Gasteiger partial charge on any atom is 0.457 e. The zero-order valence-corrected chi connectivity index (χ0v) is 8.44. The SMILES string of the molecule is CC(C)=O.FN=C(N(F)F)C(F)(F)F.[Co]. The van der Waals surface area contributed by atoms with E-state index in [1.807, 2.05) is 0 Å². The Morgan fingerprint density at radius 3 is 1.47 bits per heavy atom. The van der Waals surface area contributed by atoms with Crippen LogP contribution in [-0.2, 0) is 21.6 Å². The molecule has 1 radical (unpaired) electrons. The second-order valence-corrected chi connectivity index (χ2v) is 2.05. The molecule has 0 spiro atoms. The van der Waals surface area contributed by atoms with Gasteiger partial charge in [-0.05, 0) is 19.2 Å². The normalized spacial score (nSPS) is 10.8. The molecule has 0 rings (SSSR count). The quantitative estimate of drug-likeness (QED) is 0.296. The number of Topliss-reactive ketones (excluding diaryl/α,β-unsaturated/α-hetero) is 1. The Bertz CT molecular complexity index is 212. The summed E-state index contributed by atoms with van der Waals surface area (Å²) < 4.78 is 65.9. The predicted molar refractivity (Wildman–Crippen MR) is 35.0 cm³/mol. The van der Waals surface area contributed by atoms with E-state index in [9.17, 15) is 31.4 Å². The summed E-state index contributed by atoms with van der Waals surface area (Å²) >= 11 is 0. The molecule has 0 atom stereocenters. The van der Waals surface area contributed by atoms with Gasteiger partial charge in [-0.3, -0.25) is 0 Å². The number of rotatable bonds is 0. The molecular formula is C5H6CoF6N2O. The van der Waals surface area contributed by atoms with Crippen LogP contribution in [-0.4, -0.2) is 23.1 Å². The third-order valence-corrected chi connectivity index (χ3v) is 0.494. The number of hydrogen-bond acceptors (Lipinski definition) is 2. The van der Waals surface area contributed by atoms with E-state index >= 15 is 0 Å². The summed E-state index contributed by atoms with van der Waals surface area (Å²) in [6, 6.07) is 0. The second-order valence-electron chi connectivity index (χ2n) is 2.05. The first kappa shape index (κ1) is 19.7. The van der Waals surface area contributed by atoms with Gasteiger partial charge in [0.25, 0.3) is 0 Å². The molecule has 0 fully saturated rings. The summed E-state index contributed by atoms with van der Waals surface area (Å²) in [7, 11) is 0. The molecule has 0 bridgehead atoms. The maximum atomic E-state index is 11.1. The fourth-order valence-corrected chi connectivity index (χ4v) is 0.172. The van der Waals surface area contributed by atoms with E-state index in [4.69, 9.17) is 0 Å². The van der Waals surface area contributed by atoms with Gasteiger partial charge in [0.05, 0.1) is 0 Å². The summed E-state index contributed by atoms with van der Waals surface area (Å²) in [5.41, 5.74) is 0. The smallest absolute Gasteiger partial charge is 0.300 e. The van der Waals surface area contributed by atoms with Gasteiger partial charge < -0.3 is 4.79 Å². The van der Waals surface area contributed by atoms with Gasteiger partial charge in [0, 0.05) is 16.8 Å². The molecule has 0 saturated heterocycles. The monoisotopic (exact) mass is 283 g/mol. The molecule has 0 saturated carbocycles. The van der Waals surface area contributed by atoms with Crippen molar-refractivity contribution in [1.82, 2.24) is 5.34 Å². The minimum atomic E-state index is -5.46. The molecular weight excluding hydrogens is 277 g/mol. The van der Waals surface area contributed by atoms with Gasteiger partial charge in [-0.25, -0.2) is 0 Å². The number of alkyl halides is 3. The summed E-state index contributed by atoms with van der Waals surface area (Å²) in [5, 5.41) is -1.62. The van der Waals surface area contributed by atoms with Crippen molar-refractivity contribution in [3.63, 3.8) is 0 Å². The predicted octanol–water partition coefficient (Wildman–Crippen LogP) is 2.50. The van der Waals surface area contributed by atoms with Crippen LogP contribution in [0.2, 0.25) is 0 Å². The van der Waals surface area contributed by atoms with Crippen LogP contribution in [0.4, 0.5) is 26.6 Å².